The van der Waals surface area contributed by atoms with E-state index in [-0.39, 0.29) is 5.54 Å². The summed E-state index contributed by atoms with van der Waals surface area (Å²) in [6.45, 7) is 7.20. The topological polar surface area (TPSA) is 56.7 Å². The van der Waals surface area contributed by atoms with Gasteiger partial charge in [0.2, 0.25) is 0 Å². The highest BCUT2D eigenvalue weighted by atomic mass is 32.1. The van der Waals surface area contributed by atoms with Gasteiger partial charge in [0.15, 0.2) is 5.82 Å². The van der Waals surface area contributed by atoms with Crippen LogP contribution in [0.5, 0.6) is 0 Å². The first-order valence-electron chi connectivity index (χ1n) is 7.13. The summed E-state index contributed by atoms with van der Waals surface area (Å²) >= 11 is 1.65. The van der Waals surface area contributed by atoms with Gasteiger partial charge in [-0.1, -0.05) is 12.1 Å². The predicted octanol–water partition coefficient (Wildman–Crippen LogP) is 3.42. The molecule has 3 aromatic rings. The van der Waals surface area contributed by atoms with Crippen molar-refractivity contribution in [3.63, 3.8) is 0 Å². The Balaban J connectivity index is 2.21. The van der Waals surface area contributed by atoms with Gasteiger partial charge in [-0.25, -0.2) is 9.97 Å². The van der Waals surface area contributed by atoms with E-state index in [2.05, 4.69) is 42.9 Å². The number of para-hydroxylation sites is 2. The number of nitrogens with two attached hydrogens (primary N) is 1. The van der Waals surface area contributed by atoms with Crippen LogP contribution >= 0.6 is 11.3 Å². The molecule has 2 N–H and O–H groups in total. The molecule has 0 fully saturated rings. The van der Waals surface area contributed by atoms with Crippen molar-refractivity contribution in [2.45, 2.75) is 32.7 Å². The molecule has 0 aliphatic rings. The van der Waals surface area contributed by atoms with Crippen molar-refractivity contribution >= 4 is 22.4 Å². The van der Waals surface area contributed by atoms with Crippen molar-refractivity contribution < 1.29 is 0 Å². The van der Waals surface area contributed by atoms with Crippen LogP contribution in [0.1, 0.15) is 25.8 Å². The first-order chi connectivity index (χ1) is 10.0. The minimum absolute atomic E-state index is 0.0525. The second-order valence-corrected chi connectivity index (χ2v) is 7.04. The largest absolute Gasteiger partial charge is 0.330 e. The van der Waals surface area contributed by atoms with E-state index in [9.17, 15) is 0 Å². The lowest BCUT2D eigenvalue weighted by atomic mass is 10.1. The first kappa shape index (κ1) is 14.2. The van der Waals surface area contributed by atoms with Gasteiger partial charge in [-0.05, 0) is 39.4 Å². The highest BCUT2D eigenvalue weighted by Gasteiger charge is 2.23. The van der Waals surface area contributed by atoms with E-state index in [0.717, 1.165) is 34.0 Å². The van der Waals surface area contributed by atoms with E-state index in [4.69, 9.17) is 15.7 Å². The fraction of sp³-hybridized carbons (Fsp3) is 0.375. The highest BCUT2D eigenvalue weighted by Crippen LogP contribution is 2.31. The quantitative estimate of drug-likeness (QED) is 0.806. The lowest BCUT2D eigenvalue weighted by Gasteiger charge is -2.24. The molecule has 2 aromatic heterocycles. The minimum atomic E-state index is -0.0525. The maximum atomic E-state index is 5.61. The number of nitrogens with zero attached hydrogens (tertiary/aromatic N) is 3. The number of rotatable bonds is 3. The second-order valence-electron chi connectivity index (χ2n) is 6.10. The molecule has 5 heteroatoms. The monoisotopic (exact) mass is 300 g/mol. The number of imidazole rings is 1. The van der Waals surface area contributed by atoms with Gasteiger partial charge in [-0.3, -0.25) is 0 Å². The molecule has 0 spiro atoms. The Morgan fingerprint density at radius 2 is 1.95 bits per heavy atom. The number of fused-ring (bicyclic) bond motifs is 1. The zero-order valence-electron chi connectivity index (χ0n) is 12.6. The summed E-state index contributed by atoms with van der Waals surface area (Å²) in [5, 5.41) is 3.15. The Morgan fingerprint density at radius 1 is 1.19 bits per heavy atom. The van der Waals surface area contributed by atoms with E-state index in [0.29, 0.717) is 6.54 Å². The molecular weight excluding hydrogens is 280 g/mol. The molecule has 0 saturated carbocycles. The van der Waals surface area contributed by atoms with Crippen molar-refractivity contribution in [2.24, 2.45) is 5.73 Å². The maximum Gasteiger partial charge on any atom is 0.161 e. The number of hydrogen-bond donors (Lipinski definition) is 1. The van der Waals surface area contributed by atoms with Crippen LogP contribution in [0, 0.1) is 0 Å². The number of thiazole rings is 1. The second kappa shape index (κ2) is 5.24. The predicted molar refractivity (Wildman–Crippen MR) is 88.6 cm³/mol. The Labute approximate surface area is 128 Å². The fourth-order valence-corrected chi connectivity index (χ4v) is 3.32. The van der Waals surface area contributed by atoms with Gasteiger partial charge in [0.1, 0.15) is 5.69 Å². The van der Waals surface area contributed by atoms with Crippen LogP contribution in [-0.4, -0.2) is 21.1 Å². The van der Waals surface area contributed by atoms with E-state index >= 15 is 0 Å². The number of aromatic nitrogens is 3. The smallest absolute Gasteiger partial charge is 0.161 e. The summed E-state index contributed by atoms with van der Waals surface area (Å²) in [6, 6.07) is 8.24. The molecule has 0 radical (unpaired) electrons. The summed E-state index contributed by atoms with van der Waals surface area (Å²) in [4.78, 5) is 9.49. The molecule has 0 unspecified atom stereocenters. The molecule has 0 bridgehead atoms. The molecule has 0 saturated heterocycles. The van der Waals surface area contributed by atoms with Gasteiger partial charge in [0, 0.05) is 17.3 Å². The highest BCUT2D eigenvalue weighted by molar-refractivity contribution is 7.09. The Kier molecular flexibility index (Phi) is 3.55. The van der Waals surface area contributed by atoms with Crippen LogP contribution in [-0.2, 0) is 12.0 Å². The number of benzene rings is 1. The molecule has 2 heterocycles. The van der Waals surface area contributed by atoms with Crippen LogP contribution in [0.25, 0.3) is 22.6 Å². The molecular formula is C16H20N4S. The van der Waals surface area contributed by atoms with Crippen LogP contribution in [0.15, 0.2) is 29.6 Å². The van der Waals surface area contributed by atoms with Crippen molar-refractivity contribution in [3.8, 4) is 11.5 Å². The minimum Gasteiger partial charge on any atom is -0.330 e. The van der Waals surface area contributed by atoms with Crippen LogP contribution < -0.4 is 5.73 Å². The third kappa shape index (κ3) is 2.59. The maximum absolute atomic E-state index is 5.61. The molecule has 0 atom stereocenters. The van der Waals surface area contributed by atoms with Gasteiger partial charge in [0.05, 0.1) is 16.0 Å². The third-order valence-corrected chi connectivity index (χ3v) is 4.28. The average Bonchev–Trinajstić information content (AvgIpc) is 3.01. The lowest BCUT2D eigenvalue weighted by molar-refractivity contribution is 0.412. The Morgan fingerprint density at radius 3 is 2.67 bits per heavy atom. The molecule has 0 aliphatic heterocycles. The summed E-state index contributed by atoms with van der Waals surface area (Å²) in [5.41, 5.74) is 8.66. The third-order valence-electron chi connectivity index (χ3n) is 3.37. The van der Waals surface area contributed by atoms with Crippen molar-refractivity contribution in [3.05, 3.63) is 34.7 Å². The molecule has 110 valence electrons. The Bertz CT molecular complexity index is 764. The van der Waals surface area contributed by atoms with E-state index < -0.39 is 0 Å². The first-order valence-corrected chi connectivity index (χ1v) is 8.01. The zero-order valence-corrected chi connectivity index (χ0v) is 13.4. The van der Waals surface area contributed by atoms with E-state index in [1.807, 2.05) is 12.1 Å². The van der Waals surface area contributed by atoms with Gasteiger partial charge in [-0.15, -0.1) is 11.3 Å². The van der Waals surface area contributed by atoms with Gasteiger partial charge >= 0.3 is 0 Å². The zero-order chi connectivity index (χ0) is 15.0. The van der Waals surface area contributed by atoms with Gasteiger partial charge < -0.3 is 10.3 Å². The standard InChI is InChI=1S/C16H20N4S/c1-16(2,3)20-13-7-5-4-6-11(13)19-15(20)12-10-21-14(18-12)8-9-17/h4-7,10H,8-9,17H2,1-3H3. The Hall–Kier alpha value is -1.72. The SMILES string of the molecule is CC(C)(C)n1c(-c2csc(CCN)n2)nc2ccccc21. The van der Waals surface area contributed by atoms with Crippen molar-refractivity contribution in [1.29, 1.82) is 0 Å². The fourth-order valence-electron chi connectivity index (χ4n) is 2.53. The molecule has 21 heavy (non-hydrogen) atoms. The molecule has 3 rings (SSSR count). The van der Waals surface area contributed by atoms with E-state index in [1.165, 1.54) is 0 Å². The number of hydrogen-bond acceptors (Lipinski definition) is 4. The molecule has 4 nitrogen and oxygen atoms in total. The summed E-state index contributed by atoms with van der Waals surface area (Å²) < 4.78 is 2.27. The van der Waals surface area contributed by atoms with Crippen LogP contribution in [0.2, 0.25) is 0 Å². The van der Waals surface area contributed by atoms with Crippen molar-refractivity contribution in [2.75, 3.05) is 6.54 Å². The summed E-state index contributed by atoms with van der Waals surface area (Å²) in [5.74, 6) is 0.934. The van der Waals surface area contributed by atoms with Crippen molar-refractivity contribution in [1.82, 2.24) is 14.5 Å². The lowest BCUT2D eigenvalue weighted by Crippen LogP contribution is -2.22. The van der Waals surface area contributed by atoms with Crippen LogP contribution in [0.3, 0.4) is 0 Å². The molecule has 1 aromatic carbocycles. The van der Waals surface area contributed by atoms with Gasteiger partial charge in [-0.2, -0.15) is 0 Å². The summed E-state index contributed by atoms with van der Waals surface area (Å²) in [7, 11) is 0. The normalized spacial score (nSPS) is 12.2. The van der Waals surface area contributed by atoms with Gasteiger partial charge in [0.25, 0.3) is 0 Å². The van der Waals surface area contributed by atoms with Crippen LogP contribution in [0.4, 0.5) is 0 Å². The average molecular weight is 300 g/mol. The molecule has 0 amide bonds. The van der Waals surface area contributed by atoms with E-state index in [1.54, 1.807) is 11.3 Å². The molecule has 0 aliphatic carbocycles. The summed E-state index contributed by atoms with van der Waals surface area (Å²) in [6.07, 6.45) is 0.820.